The van der Waals surface area contributed by atoms with Gasteiger partial charge in [0, 0.05) is 6.42 Å². The molecule has 25 heavy (non-hydrogen) atoms. The molecule has 146 valence electrons. The van der Waals surface area contributed by atoms with E-state index in [0.29, 0.717) is 0 Å². The molecule has 0 aliphatic heterocycles. The van der Waals surface area contributed by atoms with Crippen LogP contribution in [0.2, 0.25) is 36.3 Å². The molecule has 0 amide bonds. The Morgan fingerprint density at radius 1 is 0.960 bits per heavy atom. The second kappa shape index (κ2) is 7.74. The van der Waals surface area contributed by atoms with Crippen LogP contribution in [0.3, 0.4) is 0 Å². The predicted octanol–water partition coefficient (Wildman–Crippen LogP) is 7.40. The highest BCUT2D eigenvalue weighted by atomic mass is 79.9. The molecule has 1 aliphatic rings. The molecule has 0 heterocycles. The van der Waals surface area contributed by atoms with Crippen molar-refractivity contribution in [3.8, 4) is 0 Å². The van der Waals surface area contributed by atoms with Crippen molar-refractivity contribution in [2.24, 2.45) is 0 Å². The van der Waals surface area contributed by atoms with Gasteiger partial charge >= 0.3 is 0 Å². The van der Waals surface area contributed by atoms with Gasteiger partial charge in [-0.3, -0.25) is 0 Å². The van der Waals surface area contributed by atoms with Gasteiger partial charge in [0.1, 0.15) is 0 Å². The van der Waals surface area contributed by atoms with Crippen molar-refractivity contribution in [2.45, 2.75) is 103 Å². The second-order valence-electron chi connectivity index (χ2n) is 10.5. The lowest BCUT2D eigenvalue weighted by Gasteiger charge is -2.45. The molecule has 1 fully saturated rings. The molecule has 1 rings (SSSR count). The SMILES string of the molecule is C=C1/C(=C\Br)C[C@H](O[Si](C)(C)C(C)(C)C)C[C@@H]1O[Si](C)(C)C(C)(C)C. The molecule has 2 atom stereocenters. The second-order valence-corrected chi connectivity index (χ2v) is 20.4. The van der Waals surface area contributed by atoms with Crippen molar-refractivity contribution in [1.82, 2.24) is 0 Å². The molecule has 2 nitrogen and oxygen atoms in total. The first kappa shape index (κ1) is 23.4. The Balaban J connectivity index is 3.02. The summed E-state index contributed by atoms with van der Waals surface area (Å²) in [5.41, 5.74) is 2.36. The lowest BCUT2D eigenvalue weighted by Crippen LogP contribution is -2.49. The Kier molecular flexibility index (Phi) is 7.23. The molecule has 0 radical (unpaired) electrons. The van der Waals surface area contributed by atoms with E-state index in [0.717, 1.165) is 18.4 Å². The lowest BCUT2D eigenvalue weighted by atomic mass is 9.87. The van der Waals surface area contributed by atoms with Crippen molar-refractivity contribution in [2.75, 3.05) is 0 Å². The highest BCUT2D eigenvalue weighted by Crippen LogP contribution is 2.44. The third kappa shape index (κ3) is 5.64. The molecule has 0 aromatic rings. The van der Waals surface area contributed by atoms with Gasteiger partial charge in [0.15, 0.2) is 16.6 Å². The van der Waals surface area contributed by atoms with Gasteiger partial charge in [0.25, 0.3) is 0 Å². The summed E-state index contributed by atoms with van der Waals surface area (Å²) in [4.78, 5) is 2.01. The quantitative estimate of drug-likeness (QED) is 0.418. The van der Waals surface area contributed by atoms with E-state index < -0.39 is 16.6 Å². The lowest BCUT2D eigenvalue weighted by molar-refractivity contribution is 0.0971. The first-order chi connectivity index (χ1) is 11.0. The van der Waals surface area contributed by atoms with Gasteiger partial charge < -0.3 is 8.85 Å². The van der Waals surface area contributed by atoms with Crippen molar-refractivity contribution in [1.29, 1.82) is 0 Å². The summed E-state index contributed by atoms with van der Waals surface area (Å²) >= 11 is 3.53. The van der Waals surface area contributed by atoms with E-state index in [-0.39, 0.29) is 22.3 Å². The van der Waals surface area contributed by atoms with Crippen molar-refractivity contribution in [3.05, 3.63) is 22.7 Å². The minimum absolute atomic E-state index is 0.0632. The minimum Gasteiger partial charge on any atom is -0.413 e. The van der Waals surface area contributed by atoms with Crippen LogP contribution in [-0.2, 0) is 8.85 Å². The van der Waals surface area contributed by atoms with Crippen LogP contribution in [-0.4, -0.2) is 28.8 Å². The molecule has 0 bridgehead atoms. The van der Waals surface area contributed by atoms with Crippen LogP contribution in [0.5, 0.6) is 0 Å². The molecular formula is C20H39BrO2Si2. The maximum Gasteiger partial charge on any atom is 0.192 e. The largest absolute Gasteiger partial charge is 0.413 e. The zero-order valence-electron chi connectivity index (χ0n) is 18.0. The minimum atomic E-state index is -1.85. The standard InChI is InChI=1S/C20H39BrO2Si2/c1-15-16(14-21)12-17(22-24(8,9)19(2,3)4)13-18(15)23-25(10,11)20(5,6)7/h14,17-18H,1,12-13H2,2-11H3/b16-14-/t17-,18-/m0/s1. The van der Waals surface area contributed by atoms with Crippen LogP contribution in [0.25, 0.3) is 0 Å². The molecule has 1 aliphatic carbocycles. The van der Waals surface area contributed by atoms with E-state index in [1.165, 1.54) is 5.57 Å². The van der Waals surface area contributed by atoms with Gasteiger partial charge in [-0.15, -0.1) is 0 Å². The summed E-state index contributed by atoms with van der Waals surface area (Å²) in [5.74, 6) is 0. The summed E-state index contributed by atoms with van der Waals surface area (Å²) in [6.07, 6.45) is 2.12. The van der Waals surface area contributed by atoms with Crippen molar-refractivity contribution < 1.29 is 8.85 Å². The molecule has 0 N–H and O–H groups in total. The van der Waals surface area contributed by atoms with E-state index >= 15 is 0 Å². The average molecular weight is 448 g/mol. The normalized spacial score (nSPS) is 25.6. The first-order valence-electron chi connectivity index (χ1n) is 9.36. The smallest absolute Gasteiger partial charge is 0.192 e. The average Bonchev–Trinajstić information content (AvgIpc) is 2.38. The van der Waals surface area contributed by atoms with Crippen molar-refractivity contribution in [3.63, 3.8) is 0 Å². The Morgan fingerprint density at radius 2 is 1.40 bits per heavy atom. The van der Waals surface area contributed by atoms with Crippen LogP contribution in [0.15, 0.2) is 22.7 Å². The molecular weight excluding hydrogens is 408 g/mol. The van der Waals surface area contributed by atoms with Crippen LogP contribution >= 0.6 is 15.9 Å². The summed E-state index contributed by atoms with van der Waals surface area (Å²) in [5, 5.41) is 0.411. The number of hydrogen-bond donors (Lipinski definition) is 0. The molecule has 0 aromatic heterocycles. The summed E-state index contributed by atoms with van der Waals surface area (Å²) in [6.45, 7) is 27.4. The first-order valence-corrected chi connectivity index (χ1v) is 16.1. The molecule has 0 saturated heterocycles. The zero-order chi connectivity index (χ0) is 19.8. The van der Waals surface area contributed by atoms with Gasteiger partial charge in [-0.2, -0.15) is 0 Å². The molecule has 5 heteroatoms. The van der Waals surface area contributed by atoms with Crippen LogP contribution in [0, 0.1) is 0 Å². The fourth-order valence-corrected chi connectivity index (χ4v) is 5.65. The number of hydrogen-bond acceptors (Lipinski definition) is 2. The monoisotopic (exact) mass is 446 g/mol. The van der Waals surface area contributed by atoms with Gasteiger partial charge in [0.2, 0.25) is 0 Å². The molecule has 0 unspecified atom stereocenters. The topological polar surface area (TPSA) is 18.5 Å². The van der Waals surface area contributed by atoms with Crippen LogP contribution in [0.1, 0.15) is 54.4 Å². The zero-order valence-corrected chi connectivity index (χ0v) is 21.6. The van der Waals surface area contributed by atoms with E-state index in [1.54, 1.807) is 0 Å². The van der Waals surface area contributed by atoms with Crippen LogP contribution < -0.4 is 0 Å². The third-order valence-corrected chi connectivity index (χ3v) is 15.9. The van der Waals surface area contributed by atoms with E-state index in [9.17, 15) is 0 Å². The highest BCUT2D eigenvalue weighted by molar-refractivity contribution is 9.11. The van der Waals surface area contributed by atoms with Gasteiger partial charge in [-0.1, -0.05) is 64.1 Å². The number of rotatable bonds is 4. The van der Waals surface area contributed by atoms with E-state index in [1.807, 2.05) is 4.99 Å². The Morgan fingerprint density at radius 3 is 1.80 bits per heavy atom. The van der Waals surface area contributed by atoms with Gasteiger partial charge in [0.05, 0.1) is 12.2 Å². The molecule has 0 aromatic carbocycles. The van der Waals surface area contributed by atoms with E-state index in [4.69, 9.17) is 8.85 Å². The van der Waals surface area contributed by atoms with E-state index in [2.05, 4.69) is 90.2 Å². The number of halogens is 1. The Bertz CT molecular complexity index is 525. The summed E-state index contributed by atoms with van der Waals surface area (Å²) in [7, 11) is -3.65. The fourth-order valence-electron chi connectivity index (χ4n) is 2.50. The predicted molar refractivity (Wildman–Crippen MR) is 120 cm³/mol. The third-order valence-electron chi connectivity index (χ3n) is 6.37. The summed E-state index contributed by atoms with van der Waals surface area (Å²) in [6, 6.07) is 0. The maximum atomic E-state index is 6.73. The molecule has 1 saturated carbocycles. The Hall–Kier alpha value is 0.314. The van der Waals surface area contributed by atoms with Crippen molar-refractivity contribution >= 4 is 32.6 Å². The van der Waals surface area contributed by atoms with Gasteiger partial charge in [-0.25, -0.2) is 0 Å². The highest BCUT2D eigenvalue weighted by Gasteiger charge is 2.44. The Labute approximate surface area is 166 Å². The van der Waals surface area contributed by atoms with Crippen LogP contribution in [0.4, 0.5) is 0 Å². The molecule has 0 spiro atoms. The summed E-state index contributed by atoms with van der Waals surface area (Å²) < 4.78 is 13.5. The van der Waals surface area contributed by atoms with Gasteiger partial charge in [-0.05, 0) is 58.8 Å². The maximum absolute atomic E-state index is 6.73. The fraction of sp³-hybridized carbons (Fsp3) is 0.800.